The van der Waals surface area contributed by atoms with Gasteiger partial charge in [-0.3, -0.25) is 10.1 Å². The molecule has 2 N–H and O–H groups in total. The summed E-state index contributed by atoms with van der Waals surface area (Å²) < 4.78 is 5.40. The second-order valence-corrected chi connectivity index (χ2v) is 9.90. The molecule has 8 heteroatoms. The first-order valence-corrected chi connectivity index (χ1v) is 12.1. The van der Waals surface area contributed by atoms with Gasteiger partial charge in [-0.05, 0) is 63.2 Å². The van der Waals surface area contributed by atoms with Gasteiger partial charge >= 0.3 is 6.09 Å². The summed E-state index contributed by atoms with van der Waals surface area (Å²) in [6.45, 7) is 9.23. The molecular weight excluding hydrogens is 454 g/mol. The van der Waals surface area contributed by atoms with Crippen LogP contribution in [0.3, 0.4) is 0 Å². The van der Waals surface area contributed by atoms with Gasteiger partial charge in [-0.15, -0.1) is 0 Å². The Kier molecular flexibility index (Phi) is 7.55. The Morgan fingerprint density at radius 2 is 1.58 bits per heavy atom. The van der Waals surface area contributed by atoms with Crippen LogP contribution in [0, 0.1) is 0 Å². The first-order valence-electron chi connectivity index (χ1n) is 12.1. The maximum absolute atomic E-state index is 13.1. The highest BCUT2D eigenvalue weighted by atomic mass is 16.6. The zero-order chi connectivity index (χ0) is 25.7. The molecule has 1 aliphatic rings. The van der Waals surface area contributed by atoms with Crippen LogP contribution in [0.5, 0.6) is 0 Å². The van der Waals surface area contributed by atoms with Gasteiger partial charge in [0.15, 0.2) is 0 Å². The van der Waals surface area contributed by atoms with E-state index >= 15 is 0 Å². The molecule has 0 radical (unpaired) electrons. The number of rotatable bonds is 5. The summed E-state index contributed by atoms with van der Waals surface area (Å²) in [7, 11) is 2.11. The number of pyridine rings is 1. The van der Waals surface area contributed by atoms with Crippen molar-refractivity contribution in [2.75, 3.05) is 48.8 Å². The quantitative estimate of drug-likeness (QED) is 0.521. The van der Waals surface area contributed by atoms with Crippen molar-refractivity contribution in [3.63, 3.8) is 0 Å². The summed E-state index contributed by atoms with van der Waals surface area (Å²) in [6, 6.07) is 18.9. The molecule has 2 aromatic carbocycles. The molecule has 4 rings (SSSR count). The predicted octanol–water partition coefficient (Wildman–Crippen LogP) is 5.10. The normalized spacial score (nSPS) is 14.3. The number of piperazine rings is 1. The molecular formula is C28H33N5O3. The first-order chi connectivity index (χ1) is 17.2. The number of hydrogen-bond acceptors (Lipinski definition) is 6. The maximum Gasteiger partial charge on any atom is 0.412 e. The Labute approximate surface area is 212 Å². The van der Waals surface area contributed by atoms with E-state index in [9.17, 15) is 9.59 Å². The number of ether oxygens (including phenoxy) is 1. The Balaban J connectivity index is 1.55. The van der Waals surface area contributed by atoms with Crippen LogP contribution >= 0.6 is 0 Å². The fraction of sp³-hybridized carbons (Fsp3) is 0.321. The number of nitrogens with one attached hydrogen (secondary N) is 2. The molecule has 1 aliphatic heterocycles. The maximum atomic E-state index is 13.1. The van der Waals surface area contributed by atoms with Gasteiger partial charge < -0.3 is 19.9 Å². The third kappa shape index (κ3) is 6.60. The lowest BCUT2D eigenvalue weighted by atomic mass is 10.0. The molecule has 188 valence electrons. The van der Waals surface area contributed by atoms with Crippen molar-refractivity contribution >= 4 is 29.1 Å². The number of hydrogen-bond donors (Lipinski definition) is 2. The monoisotopic (exact) mass is 487 g/mol. The number of benzene rings is 2. The Bertz CT molecular complexity index is 1200. The summed E-state index contributed by atoms with van der Waals surface area (Å²) in [5.41, 5.74) is 3.43. The second kappa shape index (κ2) is 10.8. The van der Waals surface area contributed by atoms with E-state index in [2.05, 4.69) is 32.5 Å². The van der Waals surface area contributed by atoms with E-state index in [-0.39, 0.29) is 5.91 Å². The van der Waals surface area contributed by atoms with E-state index in [1.165, 1.54) is 0 Å². The lowest BCUT2D eigenvalue weighted by Crippen LogP contribution is -2.44. The van der Waals surface area contributed by atoms with Crippen LogP contribution in [0.4, 0.5) is 21.9 Å². The van der Waals surface area contributed by atoms with Gasteiger partial charge in [0.05, 0.1) is 23.3 Å². The number of anilines is 3. The largest absolute Gasteiger partial charge is 0.444 e. The van der Waals surface area contributed by atoms with Crippen LogP contribution in [0.2, 0.25) is 0 Å². The van der Waals surface area contributed by atoms with Gasteiger partial charge in [0.25, 0.3) is 5.91 Å². The molecule has 2 heterocycles. The Morgan fingerprint density at radius 3 is 2.22 bits per heavy atom. The van der Waals surface area contributed by atoms with Gasteiger partial charge in [-0.25, -0.2) is 9.78 Å². The number of likely N-dealkylation sites (N-methyl/N-ethyl adjacent to an activating group) is 1. The minimum atomic E-state index is -0.646. The van der Waals surface area contributed by atoms with Gasteiger partial charge in [0.2, 0.25) is 0 Å². The lowest BCUT2D eigenvalue weighted by molar-refractivity contribution is 0.0635. The van der Waals surface area contributed by atoms with E-state index in [0.717, 1.165) is 43.0 Å². The van der Waals surface area contributed by atoms with Gasteiger partial charge in [0, 0.05) is 26.2 Å². The lowest BCUT2D eigenvalue weighted by Gasteiger charge is -2.33. The fourth-order valence-corrected chi connectivity index (χ4v) is 3.94. The molecule has 0 spiro atoms. The highest BCUT2D eigenvalue weighted by molar-refractivity contribution is 6.06. The van der Waals surface area contributed by atoms with E-state index in [0.29, 0.717) is 17.1 Å². The number of amides is 2. The number of carbonyl (C=O) groups excluding carboxylic acids is 2. The summed E-state index contributed by atoms with van der Waals surface area (Å²) in [5, 5.41) is 5.67. The Morgan fingerprint density at radius 1 is 0.861 bits per heavy atom. The van der Waals surface area contributed by atoms with Crippen LogP contribution in [0.1, 0.15) is 31.3 Å². The third-order valence-corrected chi connectivity index (χ3v) is 5.86. The fourth-order valence-electron chi connectivity index (χ4n) is 3.94. The molecule has 0 saturated carbocycles. The molecule has 0 atom stereocenters. The molecule has 36 heavy (non-hydrogen) atoms. The predicted molar refractivity (Wildman–Crippen MR) is 144 cm³/mol. The van der Waals surface area contributed by atoms with E-state index in [1.807, 2.05) is 48.5 Å². The molecule has 0 aliphatic carbocycles. The average molecular weight is 488 g/mol. The molecule has 1 aromatic heterocycles. The molecule has 1 saturated heterocycles. The highest BCUT2D eigenvalue weighted by Gasteiger charge is 2.19. The highest BCUT2D eigenvalue weighted by Crippen LogP contribution is 2.30. The molecule has 3 aromatic rings. The minimum Gasteiger partial charge on any atom is -0.444 e. The number of aromatic nitrogens is 1. The van der Waals surface area contributed by atoms with Gasteiger partial charge in [-0.1, -0.05) is 36.4 Å². The van der Waals surface area contributed by atoms with E-state index in [4.69, 9.17) is 4.74 Å². The topological polar surface area (TPSA) is 86.8 Å². The van der Waals surface area contributed by atoms with Crippen LogP contribution in [-0.4, -0.2) is 60.7 Å². The Hall–Kier alpha value is -3.91. The van der Waals surface area contributed by atoms with Crippen molar-refractivity contribution in [2.45, 2.75) is 26.4 Å². The van der Waals surface area contributed by atoms with Gasteiger partial charge in [0.1, 0.15) is 11.3 Å². The number of carbonyl (C=O) groups is 2. The van der Waals surface area contributed by atoms with Crippen molar-refractivity contribution in [2.24, 2.45) is 0 Å². The molecule has 2 amide bonds. The third-order valence-electron chi connectivity index (χ3n) is 5.86. The van der Waals surface area contributed by atoms with Crippen LogP contribution in [0.15, 0.2) is 66.9 Å². The van der Waals surface area contributed by atoms with Crippen molar-refractivity contribution in [3.8, 4) is 11.1 Å². The van der Waals surface area contributed by atoms with Crippen LogP contribution in [0.25, 0.3) is 11.1 Å². The number of nitrogens with zero attached hydrogens (tertiary/aromatic N) is 3. The summed E-state index contributed by atoms with van der Waals surface area (Å²) >= 11 is 0. The molecule has 0 unspecified atom stereocenters. The summed E-state index contributed by atoms with van der Waals surface area (Å²) in [4.78, 5) is 34.5. The molecule has 8 nitrogen and oxygen atoms in total. The van der Waals surface area contributed by atoms with Crippen LogP contribution < -0.4 is 15.5 Å². The van der Waals surface area contributed by atoms with Crippen molar-refractivity contribution in [3.05, 3.63) is 72.6 Å². The van der Waals surface area contributed by atoms with E-state index in [1.54, 1.807) is 39.1 Å². The van der Waals surface area contributed by atoms with Gasteiger partial charge in [-0.2, -0.15) is 0 Å². The van der Waals surface area contributed by atoms with Crippen molar-refractivity contribution in [1.82, 2.24) is 9.88 Å². The van der Waals surface area contributed by atoms with Crippen LogP contribution in [-0.2, 0) is 4.74 Å². The SMILES string of the molecule is CN1CCN(c2ccc(C(=O)Nc3cc(-c4ccccc4)ccc3NC(=O)OC(C)(C)C)nc2)CC1. The zero-order valence-electron chi connectivity index (χ0n) is 21.2. The molecule has 0 bridgehead atoms. The van der Waals surface area contributed by atoms with Crippen molar-refractivity contribution < 1.29 is 14.3 Å². The smallest absolute Gasteiger partial charge is 0.412 e. The second-order valence-electron chi connectivity index (χ2n) is 9.90. The average Bonchev–Trinajstić information content (AvgIpc) is 2.85. The minimum absolute atomic E-state index is 0.293. The zero-order valence-corrected chi connectivity index (χ0v) is 21.2. The summed E-state index contributed by atoms with van der Waals surface area (Å²) in [6.07, 6.45) is 1.14. The standard InChI is InChI=1S/C28H33N5O3/c1-28(2,3)36-27(35)31-23-12-10-21(20-8-6-5-7-9-20)18-25(23)30-26(34)24-13-11-22(19-29-24)33-16-14-32(4)15-17-33/h5-13,18-19H,14-17H2,1-4H3,(H,30,34)(H,31,35). The first kappa shape index (κ1) is 25.2. The van der Waals surface area contributed by atoms with E-state index < -0.39 is 11.7 Å². The molecule has 1 fully saturated rings. The summed E-state index contributed by atoms with van der Waals surface area (Å²) in [5.74, 6) is -0.364. The van der Waals surface area contributed by atoms with Crippen molar-refractivity contribution in [1.29, 1.82) is 0 Å².